The van der Waals surface area contributed by atoms with Crippen LogP contribution in [0, 0.1) is 0 Å². The summed E-state index contributed by atoms with van der Waals surface area (Å²) in [6.07, 6.45) is 2.31. The van der Waals surface area contributed by atoms with Crippen molar-refractivity contribution in [2.24, 2.45) is 0 Å². The van der Waals surface area contributed by atoms with Gasteiger partial charge in [0.2, 0.25) is 0 Å². The van der Waals surface area contributed by atoms with Crippen LogP contribution in [-0.2, 0) is 12.8 Å². The first-order valence-electron chi connectivity index (χ1n) is 8.91. The highest BCUT2D eigenvalue weighted by Crippen LogP contribution is 2.26. The van der Waals surface area contributed by atoms with Crippen LogP contribution in [0.2, 0.25) is 0 Å². The van der Waals surface area contributed by atoms with Crippen LogP contribution in [0.15, 0.2) is 47.4 Å². The van der Waals surface area contributed by atoms with Gasteiger partial charge in [-0.1, -0.05) is 25.1 Å². The Morgan fingerprint density at radius 3 is 2.20 bits per heavy atom. The van der Waals surface area contributed by atoms with E-state index < -0.39 is 0 Å². The van der Waals surface area contributed by atoms with E-state index in [9.17, 15) is 4.79 Å². The van der Waals surface area contributed by atoms with E-state index >= 15 is 0 Å². The van der Waals surface area contributed by atoms with Crippen molar-refractivity contribution < 1.29 is 4.79 Å². The van der Waals surface area contributed by atoms with E-state index in [2.05, 4.69) is 76.9 Å². The van der Waals surface area contributed by atoms with E-state index in [0.29, 0.717) is 6.42 Å². The van der Waals surface area contributed by atoms with Crippen LogP contribution in [0.5, 0.6) is 0 Å². The molecule has 0 amide bonds. The lowest BCUT2D eigenvalue weighted by Crippen LogP contribution is -2.24. The van der Waals surface area contributed by atoms with Gasteiger partial charge in [0, 0.05) is 35.7 Å². The van der Waals surface area contributed by atoms with Crippen LogP contribution in [0.3, 0.4) is 0 Å². The normalized spacial score (nSPS) is 10.7. The molecular weight excluding hydrogens is 394 g/mol. The van der Waals surface area contributed by atoms with Gasteiger partial charge >= 0.3 is 0 Å². The van der Waals surface area contributed by atoms with Gasteiger partial charge in [-0.25, -0.2) is 0 Å². The molecule has 0 saturated heterocycles. The Labute approximate surface area is 163 Å². The fourth-order valence-electron chi connectivity index (χ4n) is 2.96. The molecule has 2 aromatic rings. The average molecular weight is 420 g/mol. The molecule has 4 heteroatoms. The van der Waals surface area contributed by atoms with Crippen LogP contribution in [0.4, 0.5) is 5.69 Å². The molecule has 0 aliphatic heterocycles. The Hall–Kier alpha value is -1.26. The SMILES string of the molecule is CCc1ccc(C(=O)CCc2ccc(SBr)cc2)c(N(CC)CC)c1. The summed E-state index contributed by atoms with van der Waals surface area (Å²) < 4.78 is 0. The molecule has 25 heavy (non-hydrogen) atoms. The lowest BCUT2D eigenvalue weighted by atomic mass is 9.98. The van der Waals surface area contributed by atoms with Gasteiger partial charge in [-0.15, -0.1) is 0 Å². The molecule has 0 heterocycles. The minimum Gasteiger partial charge on any atom is -0.371 e. The third-order valence-electron chi connectivity index (χ3n) is 4.53. The Kier molecular flexibility index (Phi) is 8.04. The quantitative estimate of drug-likeness (QED) is 0.443. The molecule has 0 N–H and O–H groups in total. The number of benzene rings is 2. The summed E-state index contributed by atoms with van der Waals surface area (Å²) in [5, 5.41) is 0. The number of rotatable bonds is 9. The van der Waals surface area contributed by atoms with E-state index in [0.717, 1.165) is 37.2 Å². The first kappa shape index (κ1) is 20.1. The number of ketones is 1. The Balaban J connectivity index is 2.16. The molecule has 2 rings (SSSR count). The Bertz CT molecular complexity index is 696. The number of Topliss-reactive ketones (excluding diaryl/α,β-unsaturated/α-hetero) is 1. The molecule has 0 aromatic heterocycles. The summed E-state index contributed by atoms with van der Waals surface area (Å²) in [5.74, 6) is 0.225. The third-order valence-corrected chi connectivity index (χ3v) is 6.10. The average Bonchev–Trinajstić information content (AvgIpc) is 2.67. The van der Waals surface area contributed by atoms with Gasteiger partial charge < -0.3 is 4.90 Å². The maximum atomic E-state index is 12.9. The van der Waals surface area contributed by atoms with Crippen LogP contribution in [0.1, 0.15) is 48.7 Å². The first-order valence-corrected chi connectivity index (χ1v) is 11.6. The van der Waals surface area contributed by atoms with Crippen molar-refractivity contribution in [2.75, 3.05) is 18.0 Å². The lowest BCUT2D eigenvalue weighted by molar-refractivity contribution is 0.0983. The largest absolute Gasteiger partial charge is 0.371 e. The smallest absolute Gasteiger partial charge is 0.165 e. The van der Waals surface area contributed by atoms with Gasteiger partial charge in [-0.2, -0.15) is 0 Å². The second kappa shape index (κ2) is 10.0. The highest BCUT2D eigenvalue weighted by molar-refractivity contribution is 9.50. The molecule has 0 radical (unpaired) electrons. The fourth-order valence-corrected chi connectivity index (χ4v) is 3.85. The molecule has 0 bridgehead atoms. The molecule has 0 aliphatic carbocycles. The van der Waals surface area contributed by atoms with Crippen molar-refractivity contribution >= 4 is 36.5 Å². The van der Waals surface area contributed by atoms with E-state index in [1.165, 1.54) is 16.0 Å². The molecule has 0 spiro atoms. The highest BCUT2D eigenvalue weighted by Gasteiger charge is 2.15. The van der Waals surface area contributed by atoms with Crippen molar-refractivity contribution in [1.82, 2.24) is 0 Å². The number of halogens is 1. The zero-order chi connectivity index (χ0) is 18.2. The van der Waals surface area contributed by atoms with Crippen molar-refractivity contribution in [1.29, 1.82) is 0 Å². The fraction of sp³-hybridized carbons (Fsp3) is 0.381. The number of hydrogen-bond acceptors (Lipinski definition) is 3. The summed E-state index contributed by atoms with van der Waals surface area (Å²) in [6, 6.07) is 14.6. The molecule has 0 saturated carbocycles. The summed E-state index contributed by atoms with van der Waals surface area (Å²) in [5.41, 5.74) is 4.42. The summed E-state index contributed by atoms with van der Waals surface area (Å²) in [7, 11) is 1.55. The predicted octanol–water partition coefficient (Wildman–Crippen LogP) is 6.31. The molecule has 2 nitrogen and oxygen atoms in total. The standard InChI is InChI=1S/C21H26BrNOS/c1-4-16-9-13-19(20(15-16)23(5-2)6-3)21(24)14-10-17-7-11-18(25-22)12-8-17/h7-9,11-13,15H,4-6,10,14H2,1-3H3. The summed E-state index contributed by atoms with van der Waals surface area (Å²) in [4.78, 5) is 16.3. The molecule has 0 aliphatic rings. The maximum Gasteiger partial charge on any atom is 0.165 e. The van der Waals surface area contributed by atoms with Crippen LogP contribution < -0.4 is 4.90 Å². The molecule has 0 unspecified atom stereocenters. The zero-order valence-electron chi connectivity index (χ0n) is 15.2. The highest BCUT2D eigenvalue weighted by atomic mass is 79.9. The van der Waals surface area contributed by atoms with E-state index in [4.69, 9.17) is 0 Å². The molecule has 134 valence electrons. The number of hydrogen-bond donors (Lipinski definition) is 0. The van der Waals surface area contributed by atoms with Gasteiger partial charge in [0.05, 0.1) is 0 Å². The van der Waals surface area contributed by atoms with Gasteiger partial charge in [-0.05, 0) is 87.1 Å². The molecule has 0 atom stereocenters. The monoisotopic (exact) mass is 419 g/mol. The number of aryl methyl sites for hydroxylation is 2. The summed E-state index contributed by atoms with van der Waals surface area (Å²) in [6.45, 7) is 8.25. The number of nitrogens with zero attached hydrogens (tertiary/aromatic N) is 1. The van der Waals surface area contributed by atoms with Gasteiger partial charge in [0.1, 0.15) is 0 Å². The van der Waals surface area contributed by atoms with Gasteiger partial charge in [-0.3, -0.25) is 4.79 Å². The topological polar surface area (TPSA) is 20.3 Å². The van der Waals surface area contributed by atoms with E-state index in [-0.39, 0.29) is 5.78 Å². The van der Waals surface area contributed by atoms with E-state index in [1.807, 2.05) is 6.07 Å². The summed E-state index contributed by atoms with van der Waals surface area (Å²) >= 11 is 3.38. The predicted molar refractivity (Wildman–Crippen MR) is 113 cm³/mol. The third kappa shape index (κ3) is 5.35. The minimum absolute atomic E-state index is 0.225. The van der Waals surface area contributed by atoms with Gasteiger partial charge in [0.25, 0.3) is 0 Å². The maximum absolute atomic E-state index is 12.9. The molecular formula is C21H26BrNOS. The number of carbonyl (C=O) groups excluding carboxylic acids is 1. The van der Waals surface area contributed by atoms with Crippen LogP contribution in [-0.4, -0.2) is 18.9 Å². The lowest BCUT2D eigenvalue weighted by Gasteiger charge is -2.24. The first-order chi connectivity index (χ1) is 12.1. The molecule has 2 aromatic carbocycles. The Morgan fingerprint density at radius 1 is 1.00 bits per heavy atom. The second-order valence-corrected chi connectivity index (χ2v) is 7.62. The number of carbonyl (C=O) groups is 1. The van der Waals surface area contributed by atoms with Crippen molar-refractivity contribution in [3.05, 3.63) is 59.2 Å². The van der Waals surface area contributed by atoms with Crippen LogP contribution >= 0.6 is 25.0 Å². The minimum atomic E-state index is 0.225. The van der Waals surface area contributed by atoms with Crippen molar-refractivity contribution in [3.63, 3.8) is 0 Å². The molecule has 0 fully saturated rings. The van der Waals surface area contributed by atoms with Crippen molar-refractivity contribution in [3.8, 4) is 0 Å². The van der Waals surface area contributed by atoms with E-state index in [1.54, 1.807) is 10.2 Å². The number of anilines is 1. The Morgan fingerprint density at radius 2 is 1.64 bits per heavy atom. The van der Waals surface area contributed by atoms with Crippen LogP contribution in [0.25, 0.3) is 0 Å². The van der Waals surface area contributed by atoms with Crippen molar-refractivity contribution in [2.45, 2.75) is 44.9 Å². The van der Waals surface area contributed by atoms with Gasteiger partial charge in [0.15, 0.2) is 5.78 Å². The second-order valence-electron chi connectivity index (χ2n) is 6.02. The zero-order valence-corrected chi connectivity index (χ0v) is 17.6.